The van der Waals surface area contributed by atoms with E-state index in [1.165, 1.54) is 35.7 Å². The van der Waals surface area contributed by atoms with Crippen molar-refractivity contribution in [1.82, 2.24) is 19.4 Å². The highest BCUT2D eigenvalue weighted by atomic mass is 35.5. The Morgan fingerprint density at radius 1 is 1.29 bits per heavy atom. The Morgan fingerprint density at radius 2 is 2.07 bits per heavy atom. The van der Waals surface area contributed by atoms with Gasteiger partial charge in [-0.1, -0.05) is 17.7 Å². The van der Waals surface area contributed by atoms with E-state index >= 15 is 0 Å². The minimum Gasteiger partial charge on any atom is -0.443 e. The van der Waals surface area contributed by atoms with Crippen LogP contribution in [-0.4, -0.2) is 31.0 Å². The molecule has 1 saturated carbocycles. The third kappa shape index (κ3) is 4.25. The van der Waals surface area contributed by atoms with Gasteiger partial charge in [-0.3, -0.25) is 4.90 Å². The van der Waals surface area contributed by atoms with Crippen molar-refractivity contribution < 1.29 is 9.53 Å². The number of fused-ring (bicyclic) bond motifs is 1. The van der Waals surface area contributed by atoms with Crippen molar-refractivity contribution in [3.63, 3.8) is 0 Å². The summed E-state index contributed by atoms with van der Waals surface area (Å²) in [6.07, 6.45) is 7.34. The lowest BCUT2D eigenvalue weighted by Gasteiger charge is -2.26. The quantitative estimate of drug-likeness (QED) is 0.599. The van der Waals surface area contributed by atoms with Gasteiger partial charge in [0.15, 0.2) is 0 Å². The molecular formula is C20H22ClN5O2. The first-order chi connectivity index (χ1) is 13.3. The maximum Gasteiger partial charge on any atom is 0.416 e. The number of ether oxygens (including phenoxy) is 1. The Hall–Kier alpha value is -2.67. The number of rotatable bonds is 4. The topological polar surface area (TPSA) is 72.6 Å². The second-order valence-electron chi connectivity index (χ2n) is 8.00. The van der Waals surface area contributed by atoms with E-state index in [0.717, 1.165) is 11.3 Å². The zero-order valence-corrected chi connectivity index (χ0v) is 16.8. The average molecular weight is 400 g/mol. The molecule has 0 bridgehead atoms. The Labute approximate surface area is 168 Å². The maximum atomic E-state index is 12.8. The third-order valence-corrected chi connectivity index (χ3v) is 4.61. The number of carbonyl (C=O) groups excluding carboxylic acids is 1. The highest BCUT2D eigenvalue weighted by Crippen LogP contribution is 2.39. The molecule has 4 rings (SSSR count). The molecule has 3 aromatic heterocycles. The molecule has 3 heterocycles. The Bertz CT molecular complexity index is 1020. The first kappa shape index (κ1) is 18.7. The van der Waals surface area contributed by atoms with Crippen molar-refractivity contribution in [3.8, 4) is 0 Å². The summed E-state index contributed by atoms with van der Waals surface area (Å²) in [5.74, 6) is 1.03. The molecule has 0 spiro atoms. The Balaban J connectivity index is 1.64. The molecule has 7 nitrogen and oxygen atoms in total. The van der Waals surface area contributed by atoms with Gasteiger partial charge in [-0.05, 0) is 51.2 Å². The van der Waals surface area contributed by atoms with E-state index in [1.807, 2.05) is 37.4 Å². The van der Waals surface area contributed by atoms with E-state index in [0.29, 0.717) is 11.7 Å². The average Bonchev–Trinajstić information content (AvgIpc) is 3.37. The molecule has 0 atom stereocenters. The fourth-order valence-corrected chi connectivity index (χ4v) is 3.13. The molecule has 1 aliphatic carbocycles. The summed E-state index contributed by atoms with van der Waals surface area (Å²) in [4.78, 5) is 26.9. The van der Waals surface area contributed by atoms with E-state index in [9.17, 15) is 4.79 Å². The van der Waals surface area contributed by atoms with Gasteiger partial charge in [-0.2, -0.15) is 0 Å². The van der Waals surface area contributed by atoms with Crippen LogP contribution in [0, 0.1) is 0 Å². The highest BCUT2D eigenvalue weighted by Gasteiger charge is 2.26. The molecule has 0 saturated heterocycles. The zero-order chi connectivity index (χ0) is 19.9. The molecule has 0 aromatic carbocycles. The second kappa shape index (κ2) is 7.05. The first-order valence-corrected chi connectivity index (χ1v) is 9.62. The van der Waals surface area contributed by atoms with Crippen LogP contribution in [-0.2, 0) is 11.3 Å². The minimum atomic E-state index is -0.635. The third-order valence-electron chi connectivity index (χ3n) is 4.40. The van der Waals surface area contributed by atoms with Crippen molar-refractivity contribution in [1.29, 1.82) is 0 Å². The summed E-state index contributed by atoms with van der Waals surface area (Å²) >= 11 is 6.00. The van der Waals surface area contributed by atoms with Crippen LogP contribution in [0.15, 0.2) is 36.9 Å². The van der Waals surface area contributed by atoms with Crippen molar-refractivity contribution >= 4 is 29.2 Å². The predicted molar refractivity (Wildman–Crippen MR) is 107 cm³/mol. The van der Waals surface area contributed by atoms with E-state index in [4.69, 9.17) is 16.3 Å². The summed E-state index contributed by atoms with van der Waals surface area (Å²) in [6, 6.07) is 5.67. The monoisotopic (exact) mass is 399 g/mol. The highest BCUT2D eigenvalue weighted by molar-refractivity contribution is 6.29. The summed E-state index contributed by atoms with van der Waals surface area (Å²) < 4.78 is 7.55. The van der Waals surface area contributed by atoms with Crippen LogP contribution in [0.1, 0.15) is 50.8 Å². The van der Waals surface area contributed by atoms with Crippen LogP contribution >= 0.6 is 11.6 Å². The van der Waals surface area contributed by atoms with E-state index in [-0.39, 0.29) is 11.7 Å². The van der Waals surface area contributed by atoms with E-state index < -0.39 is 11.7 Å². The molecule has 0 unspecified atom stereocenters. The number of hydrogen-bond donors (Lipinski definition) is 0. The van der Waals surface area contributed by atoms with Gasteiger partial charge in [0, 0.05) is 18.5 Å². The molecule has 1 aliphatic rings. The van der Waals surface area contributed by atoms with Gasteiger partial charge >= 0.3 is 6.09 Å². The molecule has 146 valence electrons. The molecule has 3 aromatic rings. The lowest BCUT2D eigenvalue weighted by molar-refractivity contribution is 0.0576. The predicted octanol–water partition coefficient (Wildman–Crippen LogP) is 4.60. The van der Waals surface area contributed by atoms with Crippen LogP contribution in [0.25, 0.3) is 5.65 Å². The Kier molecular flexibility index (Phi) is 4.71. The Morgan fingerprint density at radius 3 is 2.75 bits per heavy atom. The standard InChI is InChI=1S/C20H22ClN5O2/c1-20(2,3)28-19(27)26(18-8-16(21)22-12-23-18)11-15-10-25-9-14(13-4-5-13)6-7-17(25)24-15/h6-10,12-13H,4-5,11H2,1-3H3. The van der Waals surface area contributed by atoms with Gasteiger partial charge in [0.25, 0.3) is 0 Å². The number of anilines is 1. The summed E-state index contributed by atoms with van der Waals surface area (Å²) in [5, 5.41) is 0.252. The fraction of sp³-hybridized carbons (Fsp3) is 0.400. The molecule has 0 radical (unpaired) electrons. The lowest BCUT2D eigenvalue weighted by atomic mass is 10.2. The molecule has 8 heteroatoms. The van der Waals surface area contributed by atoms with Crippen LogP contribution in [0.2, 0.25) is 5.15 Å². The minimum absolute atomic E-state index is 0.211. The van der Waals surface area contributed by atoms with Gasteiger partial charge in [-0.15, -0.1) is 0 Å². The lowest BCUT2D eigenvalue weighted by Crippen LogP contribution is -2.37. The normalized spacial score (nSPS) is 14.3. The van der Waals surface area contributed by atoms with Gasteiger partial charge < -0.3 is 9.14 Å². The summed E-state index contributed by atoms with van der Waals surface area (Å²) in [7, 11) is 0. The molecule has 28 heavy (non-hydrogen) atoms. The number of halogens is 1. The number of imidazole rings is 1. The number of aromatic nitrogens is 4. The van der Waals surface area contributed by atoms with Crippen LogP contribution in [0.4, 0.5) is 10.6 Å². The first-order valence-electron chi connectivity index (χ1n) is 9.24. The number of carbonyl (C=O) groups is 1. The van der Waals surface area contributed by atoms with Gasteiger partial charge in [0.2, 0.25) is 0 Å². The van der Waals surface area contributed by atoms with Crippen molar-refractivity contribution in [2.45, 2.75) is 51.7 Å². The summed E-state index contributed by atoms with van der Waals surface area (Å²) in [6.45, 7) is 5.67. The van der Waals surface area contributed by atoms with Crippen LogP contribution in [0.3, 0.4) is 0 Å². The number of hydrogen-bond acceptors (Lipinski definition) is 5. The molecule has 1 fully saturated rings. The van der Waals surface area contributed by atoms with Gasteiger partial charge in [0.05, 0.1) is 12.2 Å². The maximum absolute atomic E-state index is 12.8. The zero-order valence-electron chi connectivity index (χ0n) is 16.1. The fourth-order valence-electron chi connectivity index (χ4n) is 2.99. The van der Waals surface area contributed by atoms with Crippen LogP contribution < -0.4 is 4.90 Å². The SMILES string of the molecule is CC(C)(C)OC(=O)N(Cc1cn2cc(C3CC3)ccc2n1)c1cc(Cl)ncn1. The van der Waals surface area contributed by atoms with Gasteiger partial charge in [0.1, 0.15) is 28.5 Å². The summed E-state index contributed by atoms with van der Waals surface area (Å²) in [5.41, 5.74) is 2.25. The van der Waals surface area contributed by atoms with Crippen molar-refractivity contribution in [2.75, 3.05) is 4.90 Å². The molecule has 1 amide bonds. The van der Waals surface area contributed by atoms with Gasteiger partial charge in [-0.25, -0.2) is 19.7 Å². The molecule has 0 aliphatic heterocycles. The van der Waals surface area contributed by atoms with E-state index in [2.05, 4.69) is 27.2 Å². The number of nitrogens with zero attached hydrogens (tertiary/aromatic N) is 5. The van der Waals surface area contributed by atoms with Crippen molar-refractivity contribution in [2.24, 2.45) is 0 Å². The number of amides is 1. The van der Waals surface area contributed by atoms with Crippen molar-refractivity contribution in [3.05, 3.63) is 53.3 Å². The number of pyridine rings is 1. The second-order valence-corrected chi connectivity index (χ2v) is 8.39. The van der Waals surface area contributed by atoms with Crippen LogP contribution in [0.5, 0.6) is 0 Å². The van der Waals surface area contributed by atoms with E-state index in [1.54, 1.807) is 0 Å². The molecular weight excluding hydrogens is 378 g/mol. The molecule has 0 N–H and O–H groups in total. The smallest absolute Gasteiger partial charge is 0.416 e. The largest absolute Gasteiger partial charge is 0.443 e.